The van der Waals surface area contributed by atoms with Crippen LogP contribution in [0.25, 0.3) is 11.3 Å². The van der Waals surface area contributed by atoms with Crippen molar-refractivity contribution in [3.8, 4) is 17.0 Å². The molecule has 0 atom stereocenters. The zero-order chi connectivity index (χ0) is 13.8. The number of nitrogens with zero attached hydrogens (tertiary/aromatic N) is 1. The molecule has 3 aromatic rings. The predicted molar refractivity (Wildman–Crippen MR) is 86.3 cm³/mol. The van der Waals surface area contributed by atoms with Crippen molar-refractivity contribution in [1.82, 2.24) is 4.98 Å². The fourth-order valence-electron chi connectivity index (χ4n) is 1.80. The fraction of sp³-hybridized carbons (Fsp3) is 0.133. The van der Waals surface area contributed by atoms with E-state index in [0.717, 1.165) is 22.3 Å². The van der Waals surface area contributed by atoms with Crippen molar-refractivity contribution in [1.29, 1.82) is 0 Å². The van der Waals surface area contributed by atoms with Gasteiger partial charge in [-0.2, -0.15) is 11.3 Å². The second-order valence-electron chi connectivity index (χ2n) is 4.13. The van der Waals surface area contributed by atoms with E-state index in [9.17, 15) is 0 Å². The number of benzene rings is 1. The lowest BCUT2D eigenvalue weighted by molar-refractivity contribution is 0.340. The van der Waals surface area contributed by atoms with Crippen LogP contribution in [-0.2, 0) is 0 Å². The third-order valence-corrected chi connectivity index (χ3v) is 4.18. The molecule has 1 aromatic carbocycles. The molecule has 0 saturated heterocycles. The molecule has 1 N–H and O–H groups in total. The zero-order valence-corrected chi connectivity index (χ0v) is 12.6. The molecule has 3 nitrogen and oxygen atoms in total. The average Bonchev–Trinajstić information content (AvgIpc) is 3.12. The first kappa shape index (κ1) is 13.1. The number of aromatic nitrogens is 1. The maximum atomic E-state index is 5.42. The van der Waals surface area contributed by atoms with Crippen molar-refractivity contribution in [3.05, 3.63) is 46.5 Å². The molecule has 0 bridgehead atoms. The number of ether oxygens (including phenoxy) is 1. The van der Waals surface area contributed by atoms with Gasteiger partial charge in [0, 0.05) is 22.0 Å². The Kier molecular flexibility index (Phi) is 3.99. The highest BCUT2D eigenvalue weighted by Gasteiger charge is 2.05. The number of thiazole rings is 1. The summed E-state index contributed by atoms with van der Waals surface area (Å²) >= 11 is 3.29. The molecule has 0 aliphatic heterocycles. The molecule has 0 unspecified atom stereocenters. The van der Waals surface area contributed by atoms with Crippen molar-refractivity contribution in [2.75, 3.05) is 11.9 Å². The van der Waals surface area contributed by atoms with Crippen LogP contribution in [0, 0.1) is 0 Å². The maximum absolute atomic E-state index is 5.42. The summed E-state index contributed by atoms with van der Waals surface area (Å²) in [6.07, 6.45) is 0. The van der Waals surface area contributed by atoms with Crippen LogP contribution in [0.1, 0.15) is 6.92 Å². The molecule has 0 aliphatic carbocycles. The van der Waals surface area contributed by atoms with E-state index in [4.69, 9.17) is 4.74 Å². The van der Waals surface area contributed by atoms with Gasteiger partial charge in [0.2, 0.25) is 0 Å². The third-order valence-electron chi connectivity index (χ3n) is 2.74. The van der Waals surface area contributed by atoms with Crippen molar-refractivity contribution in [3.63, 3.8) is 0 Å². The van der Waals surface area contributed by atoms with Crippen LogP contribution in [-0.4, -0.2) is 11.6 Å². The SMILES string of the molecule is CCOc1ccc(Nc2nc(-c3ccsc3)cs2)cc1. The van der Waals surface area contributed by atoms with E-state index in [1.54, 1.807) is 22.7 Å². The Balaban J connectivity index is 1.71. The summed E-state index contributed by atoms with van der Waals surface area (Å²) in [4.78, 5) is 4.59. The minimum Gasteiger partial charge on any atom is -0.494 e. The Morgan fingerprint density at radius 1 is 1.15 bits per heavy atom. The number of hydrogen-bond acceptors (Lipinski definition) is 5. The largest absolute Gasteiger partial charge is 0.494 e. The average molecular weight is 302 g/mol. The first-order valence-electron chi connectivity index (χ1n) is 6.33. The van der Waals surface area contributed by atoms with Gasteiger partial charge >= 0.3 is 0 Å². The molecule has 20 heavy (non-hydrogen) atoms. The normalized spacial score (nSPS) is 10.4. The van der Waals surface area contributed by atoms with Crippen molar-refractivity contribution < 1.29 is 4.74 Å². The van der Waals surface area contributed by atoms with Gasteiger partial charge in [-0.1, -0.05) is 0 Å². The van der Waals surface area contributed by atoms with E-state index < -0.39 is 0 Å². The Morgan fingerprint density at radius 3 is 2.70 bits per heavy atom. The van der Waals surface area contributed by atoms with Gasteiger partial charge in [0.15, 0.2) is 5.13 Å². The quantitative estimate of drug-likeness (QED) is 0.719. The maximum Gasteiger partial charge on any atom is 0.187 e. The summed E-state index contributed by atoms with van der Waals surface area (Å²) in [7, 11) is 0. The van der Waals surface area contributed by atoms with Crippen molar-refractivity contribution in [2.45, 2.75) is 6.92 Å². The summed E-state index contributed by atoms with van der Waals surface area (Å²) in [6.45, 7) is 2.66. The molecule has 5 heteroatoms. The van der Waals surface area contributed by atoms with E-state index in [1.165, 1.54) is 5.56 Å². The molecule has 2 aromatic heterocycles. The molecule has 0 aliphatic rings. The van der Waals surface area contributed by atoms with Gasteiger partial charge in [0.25, 0.3) is 0 Å². The summed E-state index contributed by atoms with van der Waals surface area (Å²) in [6, 6.07) is 9.99. The zero-order valence-electron chi connectivity index (χ0n) is 11.0. The van der Waals surface area contributed by atoms with Crippen LogP contribution in [0.3, 0.4) is 0 Å². The molecular weight excluding hydrogens is 288 g/mol. The molecule has 102 valence electrons. The number of nitrogens with one attached hydrogen (secondary N) is 1. The Labute approximate surface area is 125 Å². The highest BCUT2D eigenvalue weighted by Crippen LogP contribution is 2.28. The van der Waals surface area contributed by atoms with E-state index in [-0.39, 0.29) is 0 Å². The minimum atomic E-state index is 0.684. The van der Waals surface area contributed by atoms with E-state index in [1.807, 2.05) is 31.2 Å². The smallest absolute Gasteiger partial charge is 0.187 e. The Hall–Kier alpha value is -1.85. The van der Waals surface area contributed by atoms with Gasteiger partial charge in [0.1, 0.15) is 5.75 Å². The lowest BCUT2D eigenvalue weighted by Crippen LogP contribution is -1.92. The van der Waals surface area contributed by atoms with Crippen LogP contribution in [0.4, 0.5) is 10.8 Å². The number of rotatable bonds is 5. The second-order valence-corrected chi connectivity index (χ2v) is 5.77. The van der Waals surface area contributed by atoms with Crippen LogP contribution < -0.4 is 10.1 Å². The van der Waals surface area contributed by atoms with Crippen LogP contribution in [0.15, 0.2) is 46.5 Å². The third kappa shape index (κ3) is 3.00. The summed E-state index contributed by atoms with van der Waals surface area (Å²) in [5.74, 6) is 0.885. The summed E-state index contributed by atoms with van der Waals surface area (Å²) < 4.78 is 5.42. The number of thiophene rings is 1. The Bertz CT molecular complexity index is 660. The molecular formula is C15H14N2OS2. The lowest BCUT2D eigenvalue weighted by Gasteiger charge is -2.05. The number of hydrogen-bond donors (Lipinski definition) is 1. The van der Waals surface area contributed by atoms with Gasteiger partial charge in [-0.15, -0.1) is 11.3 Å². The first-order valence-corrected chi connectivity index (χ1v) is 8.15. The van der Waals surface area contributed by atoms with E-state index in [0.29, 0.717) is 6.61 Å². The van der Waals surface area contributed by atoms with Crippen molar-refractivity contribution >= 4 is 33.5 Å². The molecule has 2 heterocycles. The van der Waals surface area contributed by atoms with E-state index in [2.05, 4.69) is 32.5 Å². The van der Waals surface area contributed by atoms with E-state index >= 15 is 0 Å². The Morgan fingerprint density at radius 2 is 2.00 bits per heavy atom. The monoisotopic (exact) mass is 302 g/mol. The molecule has 3 rings (SSSR count). The fourth-order valence-corrected chi connectivity index (χ4v) is 3.19. The van der Waals surface area contributed by atoms with Crippen molar-refractivity contribution in [2.24, 2.45) is 0 Å². The van der Waals surface area contributed by atoms with Gasteiger partial charge in [-0.3, -0.25) is 0 Å². The molecule has 0 radical (unpaired) electrons. The highest BCUT2D eigenvalue weighted by atomic mass is 32.1. The molecule has 0 spiro atoms. The van der Waals surface area contributed by atoms with Crippen LogP contribution in [0.2, 0.25) is 0 Å². The number of anilines is 2. The minimum absolute atomic E-state index is 0.684. The highest BCUT2D eigenvalue weighted by molar-refractivity contribution is 7.14. The summed E-state index contributed by atoms with van der Waals surface area (Å²) in [5.41, 5.74) is 3.20. The van der Waals surface area contributed by atoms with Crippen LogP contribution >= 0.6 is 22.7 Å². The molecule has 0 amide bonds. The molecule has 0 saturated carbocycles. The van der Waals surface area contributed by atoms with Crippen LogP contribution in [0.5, 0.6) is 5.75 Å². The van der Waals surface area contributed by atoms with Gasteiger partial charge < -0.3 is 10.1 Å². The second kappa shape index (κ2) is 6.07. The van der Waals surface area contributed by atoms with Gasteiger partial charge in [0.05, 0.1) is 12.3 Å². The lowest BCUT2D eigenvalue weighted by atomic mass is 10.3. The standard InChI is InChI=1S/C15H14N2OS2/c1-2-18-13-5-3-12(4-6-13)16-15-17-14(10-20-15)11-7-8-19-9-11/h3-10H,2H2,1H3,(H,16,17). The summed E-state index contributed by atoms with van der Waals surface area (Å²) in [5, 5.41) is 10.4. The van der Waals surface area contributed by atoms with Gasteiger partial charge in [-0.25, -0.2) is 4.98 Å². The first-order chi connectivity index (χ1) is 9.85. The van der Waals surface area contributed by atoms with Gasteiger partial charge in [-0.05, 0) is 42.6 Å². The predicted octanol–water partition coefficient (Wildman–Crippen LogP) is 5.01. The topological polar surface area (TPSA) is 34.1 Å². The molecule has 0 fully saturated rings.